The summed E-state index contributed by atoms with van der Waals surface area (Å²) in [5.41, 5.74) is -0.820. The fraction of sp³-hybridized carbons (Fsp3) is 1.00. The van der Waals surface area contributed by atoms with Gasteiger partial charge in [-0.25, -0.2) is 0 Å². The van der Waals surface area contributed by atoms with Gasteiger partial charge in [0.25, 0.3) is 0 Å². The first-order valence-electron chi connectivity index (χ1n) is 11.3. The van der Waals surface area contributed by atoms with Crippen LogP contribution >= 0.6 is 0 Å². The van der Waals surface area contributed by atoms with Gasteiger partial charge in [0.05, 0.1) is 41.2 Å². The lowest BCUT2D eigenvalue weighted by Gasteiger charge is -2.37. The van der Waals surface area contributed by atoms with E-state index >= 15 is 0 Å². The summed E-state index contributed by atoms with van der Waals surface area (Å²) in [6.07, 6.45) is 1.14. The lowest BCUT2D eigenvalue weighted by Crippen LogP contribution is -2.48. The van der Waals surface area contributed by atoms with E-state index in [0.29, 0.717) is 6.61 Å². The molecule has 2 aliphatic heterocycles. The zero-order valence-electron chi connectivity index (χ0n) is 21.1. The third kappa shape index (κ3) is 7.77. The van der Waals surface area contributed by atoms with Crippen LogP contribution in [0.1, 0.15) is 89.5 Å². The van der Waals surface area contributed by atoms with Crippen LogP contribution in [0.2, 0.25) is 0 Å². The molecule has 0 spiro atoms. The molecule has 5 atom stereocenters. The monoisotopic (exact) mass is 413 g/mol. The molecule has 0 aromatic heterocycles. The maximum atomic E-state index is 6.63. The highest BCUT2D eigenvalue weighted by atomic mass is 16.6. The number of ether oxygens (including phenoxy) is 4. The van der Waals surface area contributed by atoms with Crippen molar-refractivity contribution >= 4 is 0 Å². The quantitative estimate of drug-likeness (QED) is 0.647. The Balaban J connectivity index is 2.31. The molecule has 2 fully saturated rings. The topological polar surface area (TPSA) is 40.2 Å². The molecule has 29 heavy (non-hydrogen) atoms. The minimum absolute atomic E-state index is 0.00337. The zero-order valence-corrected chi connectivity index (χ0v) is 21.1. The molecule has 2 rings (SSSR count). The first kappa shape index (κ1) is 25.1. The summed E-state index contributed by atoms with van der Waals surface area (Å²) < 4.78 is 25.9. The number of nitrogens with zero attached hydrogens (tertiary/aromatic N) is 1. The Morgan fingerprint density at radius 2 is 1.14 bits per heavy atom. The van der Waals surface area contributed by atoms with E-state index < -0.39 is 0 Å². The summed E-state index contributed by atoms with van der Waals surface area (Å²) in [5.74, 6) is 0. The smallest absolute Gasteiger partial charge is 0.104 e. The molecule has 0 aromatic carbocycles. The summed E-state index contributed by atoms with van der Waals surface area (Å²) in [6, 6.07) is 0.432. The molecular formula is C24H47NO4. The van der Waals surface area contributed by atoms with E-state index in [9.17, 15) is 0 Å². The van der Waals surface area contributed by atoms with E-state index in [0.717, 1.165) is 13.0 Å². The highest BCUT2D eigenvalue weighted by Crippen LogP contribution is 2.41. The summed E-state index contributed by atoms with van der Waals surface area (Å²) >= 11 is 0. The van der Waals surface area contributed by atoms with E-state index in [1.54, 1.807) is 0 Å². The van der Waals surface area contributed by atoms with Gasteiger partial charge >= 0.3 is 0 Å². The van der Waals surface area contributed by atoms with Crippen molar-refractivity contribution in [2.24, 2.45) is 0 Å². The van der Waals surface area contributed by atoms with E-state index in [2.05, 4.69) is 88.0 Å². The third-order valence-corrected chi connectivity index (χ3v) is 5.04. The van der Waals surface area contributed by atoms with Gasteiger partial charge in [0.1, 0.15) is 12.2 Å². The van der Waals surface area contributed by atoms with Crippen LogP contribution in [0.25, 0.3) is 0 Å². The molecule has 0 aromatic rings. The zero-order chi connectivity index (χ0) is 22.4. The second-order valence-electron chi connectivity index (χ2n) is 12.7. The molecule has 5 unspecified atom stereocenters. The molecule has 2 saturated heterocycles. The predicted molar refractivity (Wildman–Crippen MR) is 118 cm³/mol. The largest absolute Gasteiger partial charge is 0.374 e. The maximum Gasteiger partial charge on any atom is 0.104 e. The summed E-state index contributed by atoms with van der Waals surface area (Å²) in [7, 11) is 0. The van der Waals surface area contributed by atoms with Crippen LogP contribution in [0.4, 0.5) is 0 Å². The number of rotatable bonds is 5. The average molecular weight is 414 g/mol. The first-order valence-corrected chi connectivity index (χ1v) is 11.3. The van der Waals surface area contributed by atoms with Crippen molar-refractivity contribution in [1.29, 1.82) is 0 Å². The summed E-state index contributed by atoms with van der Waals surface area (Å²) in [5, 5.41) is 0. The van der Waals surface area contributed by atoms with Gasteiger partial charge < -0.3 is 18.9 Å². The molecular weight excluding hydrogens is 366 g/mol. The predicted octanol–water partition coefficient (Wildman–Crippen LogP) is 4.81. The molecule has 5 nitrogen and oxygen atoms in total. The van der Waals surface area contributed by atoms with Crippen LogP contribution < -0.4 is 0 Å². The van der Waals surface area contributed by atoms with Gasteiger partial charge in [0.15, 0.2) is 0 Å². The van der Waals surface area contributed by atoms with Gasteiger partial charge in [-0.05, 0) is 89.5 Å². The van der Waals surface area contributed by atoms with E-state index in [4.69, 9.17) is 18.9 Å². The number of hydrogen-bond donors (Lipinski definition) is 0. The van der Waals surface area contributed by atoms with E-state index in [1.165, 1.54) is 0 Å². The minimum Gasteiger partial charge on any atom is -0.374 e. The molecule has 0 saturated carbocycles. The molecule has 5 heteroatoms. The Kier molecular flexibility index (Phi) is 7.25. The number of fused-ring (bicyclic) bond motifs is 1. The van der Waals surface area contributed by atoms with Crippen molar-refractivity contribution in [1.82, 2.24) is 4.90 Å². The molecule has 172 valence electrons. The van der Waals surface area contributed by atoms with Gasteiger partial charge in [-0.3, -0.25) is 4.90 Å². The maximum absolute atomic E-state index is 6.63. The van der Waals surface area contributed by atoms with Crippen molar-refractivity contribution < 1.29 is 18.9 Å². The molecule has 0 radical (unpaired) electrons. The second-order valence-corrected chi connectivity index (χ2v) is 12.7. The van der Waals surface area contributed by atoms with Crippen molar-refractivity contribution in [3.63, 3.8) is 0 Å². The third-order valence-electron chi connectivity index (χ3n) is 5.04. The lowest BCUT2D eigenvalue weighted by atomic mass is 10.00. The van der Waals surface area contributed by atoms with Crippen molar-refractivity contribution in [2.45, 2.75) is 142 Å². The van der Waals surface area contributed by atoms with Crippen LogP contribution in [0.15, 0.2) is 0 Å². The van der Waals surface area contributed by atoms with Gasteiger partial charge in [-0.1, -0.05) is 0 Å². The number of hydrogen-bond acceptors (Lipinski definition) is 5. The fourth-order valence-corrected chi connectivity index (χ4v) is 4.40. The van der Waals surface area contributed by atoms with E-state index in [-0.39, 0.29) is 52.8 Å². The van der Waals surface area contributed by atoms with Crippen LogP contribution in [0, 0.1) is 0 Å². The molecule has 2 aliphatic rings. The van der Waals surface area contributed by atoms with Gasteiger partial charge in [-0.2, -0.15) is 0 Å². The van der Waals surface area contributed by atoms with Crippen LogP contribution in [-0.4, -0.2) is 70.9 Å². The Labute approximate surface area is 179 Å². The standard InChI is InChI=1S/C24H47NO4/c1-21(2,3)26-15-18-20(29-24(10,11)12)19(28-23(7,8)9)17-13-16(14-25(17)18)27-22(4,5)6/h16-20H,13-15H2,1-12H3. The molecule has 0 amide bonds. The average Bonchev–Trinajstić information content (AvgIpc) is 2.90. The van der Waals surface area contributed by atoms with Crippen LogP contribution in [0.3, 0.4) is 0 Å². The Morgan fingerprint density at radius 1 is 0.655 bits per heavy atom. The SMILES string of the molecule is CC(C)(C)OCC1C(OC(C)(C)C)C(OC(C)(C)C)C2CC(OC(C)(C)C)CN12. The van der Waals surface area contributed by atoms with Crippen molar-refractivity contribution in [3.05, 3.63) is 0 Å². The first-order chi connectivity index (χ1) is 12.8. The van der Waals surface area contributed by atoms with Crippen molar-refractivity contribution in [3.8, 4) is 0 Å². The highest BCUT2D eigenvalue weighted by molar-refractivity contribution is 5.09. The summed E-state index contributed by atoms with van der Waals surface area (Å²) in [6.45, 7) is 27.0. The van der Waals surface area contributed by atoms with Gasteiger partial charge in [0, 0.05) is 12.6 Å². The molecule has 0 bridgehead atoms. The molecule has 0 aliphatic carbocycles. The Hall–Kier alpha value is -0.200. The van der Waals surface area contributed by atoms with E-state index in [1.807, 2.05) is 0 Å². The fourth-order valence-electron chi connectivity index (χ4n) is 4.40. The normalized spacial score (nSPS) is 32.1. The second kappa shape index (κ2) is 8.38. The molecule has 2 heterocycles. The van der Waals surface area contributed by atoms with Gasteiger partial charge in [-0.15, -0.1) is 0 Å². The minimum atomic E-state index is -0.245. The Bertz CT molecular complexity index is 535. The van der Waals surface area contributed by atoms with Crippen molar-refractivity contribution in [2.75, 3.05) is 13.2 Å². The van der Waals surface area contributed by atoms with Crippen LogP contribution in [0.5, 0.6) is 0 Å². The lowest BCUT2D eigenvalue weighted by molar-refractivity contribution is -0.167. The summed E-state index contributed by atoms with van der Waals surface area (Å²) in [4.78, 5) is 2.54. The van der Waals surface area contributed by atoms with Crippen LogP contribution in [-0.2, 0) is 18.9 Å². The van der Waals surface area contributed by atoms with Gasteiger partial charge in [0.2, 0.25) is 0 Å². The molecule has 0 N–H and O–H groups in total. The highest BCUT2D eigenvalue weighted by Gasteiger charge is 2.56. The Morgan fingerprint density at radius 3 is 1.59 bits per heavy atom.